The highest BCUT2D eigenvalue weighted by atomic mass is 16.5. The fourth-order valence-corrected chi connectivity index (χ4v) is 2.84. The molecule has 3 N–H and O–H groups in total. The predicted octanol–water partition coefficient (Wildman–Crippen LogP) is 2.81. The second kappa shape index (κ2) is 11.2. The summed E-state index contributed by atoms with van der Waals surface area (Å²) in [7, 11) is 4.75. The van der Waals surface area contributed by atoms with Crippen LogP contribution in [0, 0.1) is 6.92 Å². The third-order valence-corrected chi connectivity index (χ3v) is 4.41. The zero-order valence-electron chi connectivity index (χ0n) is 17.8. The van der Waals surface area contributed by atoms with Crippen molar-refractivity contribution in [3.8, 4) is 17.2 Å². The first-order valence-corrected chi connectivity index (χ1v) is 9.58. The normalized spacial score (nSPS) is 12.3. The first-order valence-electron chi connectivity index (χ1n) is 9.58. The van der Waals surface area contributed by atoms with Crippen LogP contribution in [0.1, 0.15) is 29.7 Å². The third kappa shape index (κ3) is 6.29. The molecule has 158 valence electrons. The van der Waals surface area contributed by atoms with Gasteiger partial charge >= 0.3 is 0 Å². The molecule has 1 atom stereocenters. The number of aliphatic hydroxyl groups is 1. The van der Waals surface area contributed by atoms with Crippen molar-refractivity contribution in [3.63, 3.8) is 0 Å². The molecule has 7 heteroatoms. The lowest BCUT2D eigenvalue weighted by atomic mass is 10.1. The van der Waals surface area contributed by atoms with Crippen molar-refractivity contribution in [3.05, 3.63) is 53.1 Å². The fraction of sp³-hybridized carbons (Fsp3) is 0.409. The van der Waals surface area contributed by atoms with E-state index in [-0.39, 0.29) is 0 Å². The van der Waals surface area contributed by atoms with Crippen LogP contribution in [0.3, 0.4) is 0 Å². The minimum atomic E-state index is -0.624. The summed E-state index contributed by atoms with van der Waals surface area (Å²) in [6.45, 7) is 5.49. The molecule has 0 aliphatic heterocycles. The Morgan fingerprint density at radius 2 is 1.62 bits per heavy atom. The zero-order chi connectivity index (χ0) is 21.2. The topological polar surface area (TPSA) is 84.3 Å². The average Bonchev–Trinajstić information content (AvgIpc) is 2.74. The second-order valence-corrected chi connectivity index (χ2v) is 6.54. The lowest BCUT2D eigenvalue weighted by Gasteiger charge is -2.16. The lowest BCUT2D eigenvalue weighted by Crippen LogP contribution is -2.39. The van der Waals surface area contributed by atoms with E-state index in [2.05, 4.69) is 15.6 Å². The molecule has 0 spiro atoms. The molecule has 0 aromatic heterocycles. The molecule has 0 aliphatic carbocycles. The SMILES string of the molecule is CCNC(=NCc1cc(OC)c(OC)c(OC)c1)NCC(O)c1ccc(C)cc1. The van der Waals surface area contributed by atoms with Gasteiger partial charge in [-0.05, 0) is 37.1 Å². The Hall–Kier alpha value is -2.93. The van der Waals surface area contributed by atoms with Crippen molar-refractivity contribution < 1.29 is 19.3 Å². The summed E-state index contributed by atoms with van der Waals surface area (Å²) in [5.41, 5.74) is 2.94. The largest absolute Gasteiger partial charge is 0.493 e. The Labute approximate surface area is 172 Å². The maximum Gasteiger partial charge on any atom is 0.203 e. The summed E-state index contributed by atoms with van der Waals surface area (Å²) in [6, 6.07) is 11.6. The molecule has 29 heavy (non-hydrogen) atoms. The van der Waals surface area contributed by atoms with E-state index in [9.17, 15) is 5.11 Å². The third-order valence-electron chi connectivity index (χ3n) is 4.41. The number of hydrogen-bond acceptors (Lipinski definition) is 5. The Bertz CT molecular complexity index is 781. The molecular weight excluding hydrogens is 370 g/mol. The van der Waals surface area contributed by atoms with Gasteiger partial charge in [0.1, 0.15) is 0 Å². The number of hydrogen-bond donors (Lipinski definition) is 3. The summed E-state index contributed by atoms with van der Waals surface area (Å²) in [5.74, 6) is 2.34. The van der Waals surface area contributed by atoms with Gasteiger partial charge in [0.05, 0.1) is 34.0 Å². The van der Waals surface area contributed by atoms with E-state index >= 15 is 0 Å². The van der Waals surface area contributed by atoms with Crippen molar-refractivity contribution in [2.24, 2.45) is 4.99 Å². The number of aliphatic imine (C=N–C) groups is 1. The van der Waals surface area contributed by atoms with Crippen LogP contribution in [0.2, 0.25) is 0 Å². The van der Waals surface area contributed by atoms with Crippen LogP contribution in [0.25, 0.3) is 0 Å². The van der Waals surface area contributed by atoms with Crippen LogP contribution >= 0.6 is 0 Å². The zero-order valence-corrected chi connectivity index (χ0v) is 17.8. The van der Waals surface area contributed by atoms with Gasteiger partial charge in [0.15, 0.2) is 17.5 Å². The van der Waals surface area contributed by atoms with Crippen molar-refractivity contribution in [2.45, 2.75) is 26.5 Å². The highest BCUT2D eigenvalue weighted by Crippen LogP contribution is 2.38. The van der Waals surface area contributed by atoms with Crippen molar-refractivity contribution in [1.29, 1.82) is 0 Å². The van der Waals surface area contributed by atoms with E-state index in [1.807, 2.05) is 50.2 Å². The van der Waals surface area contributed by atoms with Crippen molar-refractivity contribution >= 4 is 5.96 Å². The van der Waals surface area contributed by atoms with Gasteiger partial charge in [0.25, 0.3) is 0 Å². The molecule has 1 unspecified atom stereocenters. The van der Waals surface area contributed by atoms with Crippen LogP contribution in [0.5, 0.6) is 17.2 Å². The molecule has 2 aromatic carbocycles. The smallest absolute Gasteiger partial charge is 0.203 e. The van der Waals surface area contributed by atoms with Gasteiger partial charge in [0, 0.05) is 13.1 Å². The maximum absolute atomic E-state index is 10.4. The minimum Gasteiger partial charge on any atom is -0.493 e. The molecule has 0 radical (unpaired) electrons. The van der Waals surface area contributed by atoms with E-state index < -0.39 is 6.10 Å². The summed E-state index contributed by atoms with van der Waals surface area (Å²) in [4.78, 5) is 4.60. The molecule has 0 heterocycles. The van der Waals surface area contributed by atoms with E-state index in [0.717, 1.165) is 16.7 Å². The van der Waals surface area contributed by atoms with Crippen LogP contribution in [-0.4, -0.2) is 45.5 Å². The van der Waals surface area contributed by atoms with E-state index in [4.69, 9.17) is 14.2 Å². The monoisotopic (exact) mass is 401 g/mol. The van der Waals surface area contributed by atoms with Gasteiger partial charge in [0.2, 0.25) is 5.75 Å². The van der Waals surface area contributed by atoms with Gasteiger partial charge < -0.3 is 30.0 Å². The summed E-state index contributed by atoms with van der Waals surface area (Å²) in [6.07, 6.45) is -0.624. The molecule has 0 saturated heterocycles. The number of guanidine groups is 1. The number of rotatable bonds is 9. The minimum absolute atomic E-state index is 0.351. The molecule has 0 fully saturated rings. The first kappa shape index (κ1) is 22.4. The molecule has 2 rings (SSSR count). The number of benzene rings is 2. The molecule has 2 aromatic rings. The predicted molar refractivity (Wildman–Crippen MR) is 115 cm³/mol. The van der Waals surface area contributed by atoms with E-state index in [1.165, 1.54) is 0 Å². The fourth-order valence-electron chi connectivity index (χ4n) is 2.84. The summed E-state index contributed by atoms with van der Waals surface area (Å²) < 4.78 is 16.1. The Balaban J connectivity index is 2.09. The van der Waals surface area contributed by atoms with Crippen LogP contribution in [0.15, 0.2) is 41.4 Å². The first-order chi connectivity index (χ1) is 14.0. The number of nitrogens with zero attached hydrogens (tertiary/aromatic N) is 1. The molecule has 0 amide bonds. The molecule has 7 nitrogen and oxygen atoms in total. The van der Waals surface area contributed by atoms with Crippen molar-refractivity contribution in [1.82, 2.24) is 10.6 Å². The quantitative estimate of drug-likeness (QED) is 0.443. The number of aryl methyl sites for hydroxylation is 1. The average molecular weight is 402 g/mol. The standard InChI is InChI=1S/C22H31N3O4/c1-6-23-22(25-14-18(26)17-9-7-15(2)8-10-17)24-13-16-11-19(27-3)21(29-5)20(12-16)28-4/h7-12,18,26H,6,13-14H2,1-5H3,(H2,23,24,25). The second-order valence-electron chi connectivity index (χ2n) is 6.54. The number of methoxy groups -OCH3 is 3. The van der Waals surface area contributed by atoms with Crippen LogP contribution in [0.4, 0.5) is 0 Å². The van der Waals surface area contributed by atoms with Gasteiger partial charge in [-0.25, -0.2) is 4.99 Å². The Morgan fingerprint density at radius 3 is 2.14 bits per heavy atom. The number of ether oxygens (including phenoxy) is 3. The van der Waals surface area contributed by atoms with E-state index in [0.29, 0.717) is 42.8 Å². The Morgan fingerprint density at radius 1 is 1.00 bits per heavy atom. The van der Waals surface area contributed by atoms with Gasteiger partial charge in [-0.2, -0.15) is 0 Å². The molecular formula is C22H31N3O4. The molecule has 0 saturated carbocycles. The number of nitrogens with one attached hydrogen (secondary N) is 2. The van der Waals surface area contributed by atoms with E-state index in [1.54, 1.807) is 21.3 Å². The van der Waals surface area contributed by atoms with Crippen LogP contribution < -0.4 is 24.8 Å². The van der Waals surface area contributed by atoms with Crippen molar-refractivity contribution in [2.75, 3.05) is 34.4 Å². The lowest BCUT2D eigenvalue weighted by molar-refractivity contribution is 0.181. The number of aliphatic hydroxyl groups excluding tert-OH is 1. The maximum atomic E-state index is 10.4. The summed E-state index contributed by atoms with van der Waals surface area (Å²) >= 11 is 0. The van der Waals surface area contributed by atoms with Gasteiger partial charge in [-0.3, -0.25) is 0 Å². The Kier molecular flexibility index (Phi) is 8.61. The van der Waals surface area contributed by atoms with Crippen LogP contribution in [-0.2, 0) is 6.54 Å². The molecule has 0 bridgehead atoms. The highest BCUT2D eigenvalue weighted by Gasteiger charge is 2.13. The van der Waals surface area contributed by atoms with Gasteiger partial charge in [-0.1, -0.05) is 29.8 Å². The summed E-state index contributed by atoms with van der Waals surface area (Å²) in [5, 5.41) is 16.8. The molecule has 0 aliphatic rings. The highest BCUT2D eigenvalue weighted by molar-refractivity contribution is 5.79. The van der Waals surface area contributed by atoms with Gasteiger partial charge in [-0.15, -0.1) is 0 Å².